The molecule has 0 spiro atoms. The molecule has 2 unspecified atom stereocenters. The van der Waals surface area contributed by atoms with Gasteiger partial charge in [-0.05, 0) is 54.3 Å². The fraction of sp³-hybridized carbons (Fsp3) is 0.294. The Hall–Kier alpha value is -1.09. The molecule has 0 amide bonds. The molecule has 1 aliphatic heterocycles. The summed E-state index contributed by atoms with van der Waals surface area (Å²) in [5.74, 6) is 0.165. The minimum Gasteiger partial charge on any atom is -0.316 e. The molecular weight excluding hydrogens is 308 g/mol. The van der Waals surface area contributed by atoms with Crippen molar-refractivity contribution in [1.29, 1.82) is 0 Å². The molecule has 0 bridgehead atoms. The van der Waals surface area contributed by atoms with Crippen molar-refractivity contribution in [2.75, 3.05) is 13.1 Å². The smallest absolute Gasteiger partial charge is 0.126 e. The Bertz CT molecular complexity index is 624. The Morgan fingerprint density at radius 3 is 2.43 bits per heavy atom. The Morgan fingerprint density at radius 2 is 1.71 bits per heavy atom. The Labute approximate surface area is 134 Å². The molecule has 2 aromatic rings. The summed E-state index contributed by atoms with van der Waals surface area (Å²) in [6.07, 6.45) is 0.940. The second-order valence-electron chi connectivity index (χ2n) is 5.43. The van der Waals surface area contributed by atoms with Crippen LogP contribution in [0.4, 0.5) is 4.39 Å². The lowest BCUT2D eigenvalue weighted by atomic mass is 9.77. The topological polar surface area (TPSA) is 12.0 Å². The molecule has 0 aromatic heterocycles. The molecule has 1 heterocycles. The van der Waals surface area contributed by atoms with Gasteiger partial charge in [0.1, 0.15) is 5.82 Å². The first-order valence-corrected chi connectivity index (χ1v) is 7.82. The summed E-state index contributed by atoms with van der Waals surface area (Å²) in [6, 6.07) is 12.6. The SMILES string of the molecule is Fc1ccccc1C1CNCCC1c1cc(Cl)cc(Cl)c1. The van der Waals surface area contributed by atoms with Gasteiger partial charge in [0.05, 0.1) is 0 Å². The first kappa shape index (κ1) is 14.8. The lowest BCUT2D eigenvalue weighted by molar-refractivity contribution is 0.393. The maximum absolute atomic E-state index is 14.1. The highest BCUT2D eigenvalue weighted by Gasteiger charge is 2.29. The Morgan fingerprint density at radius 1 is 1.00 bits per heavy atom. The van der Waals surface area contributed by atoms with Crippen LogP contribution < -0.4 is 5.32 Å². The van der Waals surface area contributed by atoms with Crippen molar-refractivity contribution < 1.29 is 4.39 Å². The maximum Gasteiger partial charge on any atom is 0.126 e. The molecule has 1 N–H and O–H groups in total. The highest BCUT2D eigenvalue weighted by atomic mass is 35.5. The van der Waals surface area contributed by atoms with Crippen molar-refractivity contribution in [3.8, 4) is 0 Å². The third-order valence-corrected chi connectivity index (χ3v) is 4.54. The van der Waals surface area contributed by atoms with E-state index in [1.165, 1.54) is 6.07 Å². The van der Waals surface area contributed by atoms with E-state index in [9.17, 15) is 4.39 Å². The van der Waals surface area contributed by atoms with Crippen LogP contribution in [-0.2, 0) is 0 Å². The average molecular weight is 324 g/mol. The highest BCUT2D eigenvalue weighted by molar-refractivity contribution is 6.34. The van der Waals surface area contributed by atoms with Gasteiger partial charge in [-0.25, -0.2) is 4.39 Å². The zero-order chi connectivity index (χ0) is 14.8. The van der Waals surface area contributed by atoms with Gasteiger partial charge < -0.3 is 5.32 Å². The normalized spacial score (nSPS) is 22.2. The predicted octanol–water partition coefficient (Wildman–Crippen LogP) is 4.99. The summed E-state index contributed by atoms with van der Waals surface area (Å²) in [5, 5.41) is 4.61. The van der Waals surface area contributed by atoms with E-state index in [-0.39, 0.29) is 17.7 Å². The fourth-order valence-electron chi connectivity index (χ4n) is 3.15. The van der Waals surface area contributed by atoms with Gasteiger partial charge in [0.25, 0.3) is 0 Å². The highest BCUT2D eigenvalue weighted by Crippen LogP contribution is 2.39. The van der Waals surface area contributed by atoms with Crippen molar-refractivity contribution in [2.24, 2.45) is 0 Å². The Kier molecular flexibility index (Phi) is 4.48. The minimum atomic E-state index is -0.149. The van der Waals surface area contributed by atoms with E-state index in [1.54, 1.807) is 12.1 Å². The Balaban J connectivity index is 2.00. The van der Waals surface area contributed by atoms with Crippen molar-refractivity contribution in [2.45, 2.75) is 18.3 Å². The molecular formula is C17H16Cl2FN. The molecule has 2 aromatic carbocycles. The largest absolute Gasteiger partial charge is 0.316 e. The summed E-state index contributed by atoms with van der Waals surface area (Å²) in [6.45, 7) is 1.68. The second-order valence-corrected chi connectivity index (χ2v) is 6.30. The van der Waals surface area contributed by atoms with Crippen LogP contribution in [0, 0.1) is 5.82 Å². The third-order valence-electron chi connectivity index (χ3n) is 4.10. The van der Waals surface area contributed by atoms with Crippen molar-refractivity contribution in [3.63, 3.8) is 0 Å². The van der Waals surface area contributed by atoms with E-state index in [1.807, 2.05) is 24.3 Å². The number of halogens is 3. The van der Waals surface area contributed by atoms with Gasteiger partial charge in [-0.3, -0.25) is 0 Å². The fourth-order valence-corrected chi connectivity index (χ4v) is 3.69. The molecule has 0 saturated carbocycles. The van der Waals surface area contributed by atoms with E-state index < -0.39 is 0 Å². The standard InChI is InChI=1S/C17H16Cl2FN/c18-12-7-11(8-13(19)9-12)14-5-6-21-10-16(14)15-3-1-2-4-17(15)20/h1-4,7-9,14,16,21H,5-6,10H2. The number of rotatable bonds is 2. The average Bonchev–Trinajstić information content (AvgIpc) is 2.47. The van der Waals surface area contributed by atoms with Gasteiger partial charge in [-0.15, -0.1) is 0 Å². The molecule has 4 heteroatoms. The molecule has 2 atom stereocenters. The summed E-state index contributed by atoms with van der Waals surface area (Å²) in [7, 11) is 0. The third kappa shape index (κ3) is 3.23. The van der Waals surface area contributed by atoms with Gasteiger partial charge in [-0.1, -0.05) is 41.4 Å². The molecule has 3 rings (SSSR count). The lowest BCUT2D eigenvalue weighted by Crippen LogP contribution is -2.34. The molecule has 110 valence electrons. The first-order valence-electron chi connectivity index (χ1n) is 7.06. The number of benzene rings is 2. The van der Waals surface area contributed by atoms with Crippen LogP contribution in [0.3, 0.4) is 0 Å². The van der Waals surface area contributed by atoms with Crippen molar-refractivity contribution in [3.05, 3.63) is 69.5 Å². The summed E-state index contributed by atoms with van der Waals surface area (Å²) >= 11 is 12.2. The molecule has 1 saturated heterocycles. The molecule has 1 nitrogen and oxygen atoms in total. The molecule has 1 fully saturated rings. The number of nitrogens with one attached hydrogen (secondary N) is 1. The van der Waals surface area contributed by atoms with E-state index in [4.69, 9.17) is 23.2 Å². The monoisotopic (exact) mass is 323 g/mol. The van der Waals surface area contributed by atoms with Gasteiger partial charge in [0.2, 0.25) is 0 Å². The van der Waals surface area contributed by atoms with Crippen LogP contribution in [0.5, 0.6) is 0 Å². The van der Waals surface area contributed by atoms with Crippen molar-refractivity contribution >= 4 is 23.2 Å². The summed E-state index contributed by atoms with van der Waals surface area (Å²) < 4.78 is 14.1. The summed E-state index contributed by atoms with van der Waals surface area (Å²) in [4.78, 5) is 0. The number of hydrogen-bond donors (Lipinski definition) is 1. The van der Waals surface area contributed by atoms with E-state index in [0.29, 0.717) is 10.0 Å². The molecule has 0 aliphatic carbocycles. The quantitative estimate of drug-likeness (QED) is 0.820. The van der Waals surface area contributed by atoms with Gasteiger partial charge in [-0.2, -0.15) is 0 Å². The van der Waals surface area contributed by atoms with Crippen LogP contribution in [0.1, 0.15) is 29.4 Å². The van der Waals surface area contributed by atoms with E-state index in [0.717, 1.165) is 30.6 Å². The zero-order valence-electron chi connectivity index (χ0n) is 11.5. The molecule has 0 radical (unpaired) electrons. The van der Waals surface area contributed by atoms with Crippen LogP contribution in [0.2, 0.25) is 10.0 Å². The molecule has 1 aliphatic rings. The molecule has 21 heavy (non-hydrogen) atoms. The van der Waals surface area contributed by atoms with E-state index >= 15 is 0 Å². The van der Waals surface area contributed by atoms with Crippen LogP contribution in [0.25, 0.3) is 0 Å². The van der Waals surface area contributed by atoms with Gasteiger partial charge >= 0.3 is 0 Å². The predicted molar refractivity (Wildman–Crippen MR) is 85.8 cm³/mol. The second kappa shape index (κ2) is 6.35. The lowest BCUT2D eigenvalue weighted by Gasteiger charge is -2.33. The number of piperidine rings is 1. The van der Waals surface area contributed by atoms with Crippen LogP contribution in [0.15, 0.2) is 42.5 Å². The number of hydrogen-bond acceptors (Lipinski definition) is 1. The summed E-state index contributed by atoms with van der Waals surface area (Å²) in [5.41, 5.74) is 1.84. The zero-order valence-corrected chi connectivity index (χ0v) is 13.0. The van der Waals surface area contributed by atoms with Crippen LogP contribution in [-0.4, -0.2) is 13.1 Å². The minimum absolute atomic E-state index is 0.0921. The van der Waals surface area contributed by atoms with Gasteiger partial charge in [0, 0.05) is 22.5 Å². The first-order chi connectivity index (χ1) is 10.1. The van der Waals surface area contributed by atoms with Gasteiger partial charge in [0.15, 0.2) is 0 Å². The van der Waals surface area contributed by atoms with Crippen LogP contribution >= 0.6 is 23.2 Å². The van der Waals surface area contributed by atoms with E-state index in [2.05, 4.69) is 5.32 Å². The maximum atomic E-state index is 14.1. The van der Waals surface area contributed by atoms with Crippen molar-refractivity contribution in [1.82, 2.24) is 5.32 Å².